The van der Waals surface area contributed by atoms with Gasteiger partial charge in [0.15, 0.2) is 0 Å². The summed E-state index contributed by atoms with van der Waals surface area (Å²) < 4.78 is 5.43. The molecule has 1 aromatic rings. The molecule has 0 aliphatic carbocycles. The van der Waals surface area contributed by atoms with Gasteiger partial charge < -0.3 is 9.64 Å². The van der Waals surface area contributed by atoms with E-state index in [4.69, 9.17) is 16.3 Å². The highest BCUT2D eigenvalue weighted by molar-refractivity contribution is 6.17. The zero-order valence-corrected chi connectivity index (χ0v) is 9.54. The van der Waals surface area contributed by atoms with Crippen LogP contribution in [0.3, 0.4) is 0 Å². The minimum Gasteiger partial charge on any atom is -0.380 e. The average molecular weight is 226 g/mol. The number of ether oxygens (including phenoxy) is 1. The summed E-state index contributed by atoms with van der Waals surface area (Å²) in [5.41, 5.74) is 2.45. The van der Waals surface area contributed by atoms with Crippen molar-refractivity contribution in [2.45, 2.75) is 12.3 Å². The van der Waals surface area contributed by atoms with Crippen molar-refractivity contribution in [2.24, 2.45) is 0 Å². The molecule has 0 bridgehead atoms. The summed E-state index contributed by atoms with van der Waals surface area (Å²) in [4.78, 5) is 2.37. The van der Waals surface area contributed by atoms with E-state index in [0.717, 1.165) is 32.7 Å². The molecule has 0 radical (unpaired) electrons. The molecule has 2 nitrogen and oxygen atoms in total. The Morgan fingerprint density at radius 1 is 1.13 bits per heavy atom. The van der Waals surface area contributed by atoms with E-state index in [1.807, 2.05) is 0 Å². The monoisotopic (exact) mass is 225 g/mol. The van der Waals surface area contributed by atoms with E-state index in [1.54, 1.807) is 0 Å². The predicted molar refractivity (Wildman–Crippen MR) is 63.6 cm³/mol. The lowest BCUT2D eigenvalue weighted by molar-refractivity contribution is 0.152. The third kappa shape index (κ3) is 2.86. The van der Waals surface area contributed by atoms with Crippen molar-refractivity contribution < 1.29 is 4.74 Å². The van der Waals surface area contributed by atoms with Crippen molar-refractivity contribution in [3.63, 3.8) is 0 Å². The van der Waals surface area contributed by atoms with Crippen LogP contribution in [0.4, 0.5) is 5.69 Å². The second-order valence-corrected chi connectivity index (χ2v) is 4.02. The molecule has 1 aliphatic rings. The molecule has 0 atom stereocenters. The van der Waals surface area contributed by atoms with Crippen LogP contribution in [0.15, 0.2) is 24.3 Å². The number of rotatable bonds is 2. The van der Waals surface area contributed by atoms with Gasteiger partial charge in [0.05, 0.1) is 6.61 Å². The predicted octanol–water partition coefficient (Wildman–Crippen LogP) is 2.65. The smallest absolute Gasteiger partial charge is 0.0641 e. The Balaban J connectivity index is 2.06. The Kier molecular flexibility index (Phi) is 3.87. The fourth-order valence-electron chi connectivity index (χ4n) is 1.80. The van der Waals surface area contributed by atoms with Crippen LogP contribution in [0.1, 0.15) is 12.0 Å². The molecule has 1 aliphatic heterocycles. The van der Waals surface area contributed by atoms with Gasteiger partial charge in [-0.15, -0.1) is 11.6 Å². The molecule has 0 aromatic heterocycles. The summed E-state index contributed by atoms with van der Waals surface area (Å²) in [7, 11) is 0. The molecule has 0 amide bonds. The van der Waals surface area contributed by atoms with Crippen molar-refractivity contribution in [1.29, 1.82) is 0 Å². The standard InChI is InChI=1S/C12H16ClNO/c13-10-11-2-4-12(5-3-11)14-6-1-8-15-9-7-14/h2-5H,1,6-10H2. The quantitative estimate of drug-likeness (QED) is 0.718. The SMILES string of the molecule is ClCc1ccc(N2CCCOCC2)cc1. The number of halogens is 1. The molecule has 0 N–H and O–H groups in total. The Labute approximate surface area is 95.8 Å². The molecule has 1 saturated heterocycles. The van der Waals surface area contributed by atoms with Gasteiger partial charge in [0.1, 0.15) is 0 Å². The summed E-state index contributed by atoms with van der Waals surface area (Å²) in [6.45, 7) is 3.79. The third-order valence-corrected chi connectivity index (χ3v) is 2.99. The molecule has 1 heterocycles. The topological polar surface area (TPSA) is 12.5 Å². The van der Waals surface area contributed by atoms with E-state index in [-0.39, 0.29) is 0 Å². The van der Waals surface area contributed by atoms with Crippen LogP contribution in [-0.2, 0) is 10.6 Å². The lowest BCUT2D eigenvalue weighted by atomic mass is 10.2. The zero-order chi connectivity index (χ0) is 10.5. The van der Waals surface area contributed by atoms with E-state index in [9.17, 15) is 0 Å². The normalized spacial score (nSPS) is 17.5. The number of hydrogen-bond acceptors (Lipinski definition) is 2. The van der Waals surface area contributed by atoms with Crippen molar-refractivity contribution in [3.05, 3.63) is 29.8 Å². The van der Waals surface area contributed by atoms with Gasteiger partial charge in [-0.2, -0.15) is 0 Å². The van der Waals surface area contributed by atoms with E-state index >= 15 is 0 Å². The minimum absolute atomic E-state index is 0.587. The number of anilines is 1. The van der Waals surface area contributed by atoms with Gasteiger partial charge in [0.2, 0.25) is 0 Å². The molecule has 1 fully saturated rings. The van der Waals surface area contributed by atoms with Gasteiger partial charge in [-0.25, -0.2) is 0 Å². The second kappa shape index (κ2) is 5.38. The zero-order valence-electron chi connectivity index (χ0n) is 8.79. The van der Waals surface area contributed by atoms with Gasteiger partial charge in [0.25, 0.3) is 0 Å². The van der Waals surface area contributed by atoms with Crippen molar-refractivity contribution >= 4 is 17.3 Å². The fraction of sp³-hybridized carbons (Fsp3) is 0.500. The van der Waals surface area contributed by atoms with Gasteiger partial charge in [-0.05, 0) is 24.1 Å². The number of hydrogen-bond donors (Lipinski definition) is 0. The van der Waals surface area contributed by atoms with Gasteiger partial charge in [0, 0.05) is 31.3 Å². The summed E-state index contributed by atoms with van der Waals surface area (Å²) >= 11 is 5.76. The summed E-state index contributed by atoms with van der Waals surface area (Å²) in [5, 5.41) is 0. The van der Waals surface area contributed by atoms with Crippen LogP contribution in [0, 0.1) is 0 Å². The maximum Gasteiger partial charge on any atom is 0.0641 e. The molecule has 3 heteroatoms. The first-order valence-corrected chi connectivity index (χ1v) is 5.91. The Hall–Kier alpha value is -0.730. The number of nitrogens with zero attached hydrogens (tertiary/aromatic N) is 1. The van der Waals surface area contributed by atoms with E-state index in [1.165, 1.54) is 11.3 Å². The molecule has 2 rings (SSSR count). The molecule has 0 spiro atoms. The average Bonchev–Trinajstić information content (AvgIpc) is 2.58. The van der Waals surface area contributed by atoms with Crippen molar-refractivity contribution in [2.75, 3.05) is 31.2 Å². The summed E-state index contributed by atoms with van der Waals surface area (Å²) in [5.74, 6) is 0.587. The lowest BCUT2D eigenvalue weighted by Crippen LogP contribution is -2.25. The summed E-state index contributed by atoms with van der Waals surface area (Å²) in [6.07, 6.45) is 1.11. The fourth-order valence-corrected chi connectivity index (χ4v) is 1.98. The van der Waals surface area contributed by atoms with Gasteiger partial charge >= 0.3 is 0 Å². The van der Waals surface area contributed by atoms with E-state index in [2.05, 4.69) is 29.2 Å². The largest absolute Gasteiger partial charge is 0.380 e. The van der Waals surface area contributed by atoms with Crippen molar-refractivity contribution in [3.8, 4) is 0 Å². The highest BCUT2D eigenvalue weighted by Gasteiger charge is 2.09. The first kappa shape index (κ1) is 10.8. The highest BCUT2D eigenvalue weighted by atomic mass is 35.5. The molecule has 0 saturated carbocycles. The van der Waals surface area contributed by atoms with Crippen LogP contribution < -0.4 is 4.90 Å². The van der Waals surface area contributed by atoms with Crippen LogP contribution in [0.2, 0.25) is 0 Å². The maximum absolute atomic E-state index is 5.76. The molecule has 15 heavy (non-hydrogen) atoms. The first-order valence-electron chi connectivity index (χ1n) is 5.38. The Morgan fingerprint density at radius 3 is 2.67 bits per heavy atom. The Morgan fingerprint density at radius 2 is 1.93 bits per heavy atom. The molecular weight excluding hydrogens is 210 g/mol. The maximum atomic E-state index is 5.76. The molecule has 1 aromatic carbocycles. The Bertz CT molecular complexity index is 291. The van der Waals surface area contributed by atoms with Crippen LogP contribution >= 0.6 is 11.6 Å². The van der Waals surface area contributed by atoms with Crippen LogP contribution in [0.25, 0.3) is 0 Å². The van der Waals surface area contributed by atoms with E-state index < -0.39 is 0 Å². The van der Waals surface area contributed by atoms with Crippen LogP contribution in [0.5, 0.6) is 0 Å². The number of benzene rings is 1. The summed E-state index contributed by atoms with van der Waals surface area (Å²) in [6, 6.07) is 8.47. The van der Waals surface area contributed by atoms with Crippen LogP contribution in [-0.4, -0.2) is 26.3 Å². The van der Waals surface area contributed by atoms with Crippen molar-refractivity contribution in [1.82, 2.24) is 0 Å². The third-order valence-electron chi connectivity index (χ3n) is 2.68. The second-order valence-electron chi connectivity index (χ2n) is 3.75. The van der Waals surface area contributed by atoms with Gasteiger partial charge in [-0.3, -0.25) is 0 Å². The molecular formula is C12H16ClNO. The minimum atomic E-state index is 0.587. The number of alkyl halides is 1. The first-order chi connectivity index (χ1) is 7.40. The van der Waals surface area contributed by atoms with E-state index in [0.29, 0.717) is 5.88 Å². The highest BCUT2D eigenvalue weighted by Crippen LogP contribution is 2.17. The molecule has 82 valence electrons. The lowest BCUT2D eigenvalue weighted by Gasteiger charge is -2.21. The van der Waals surface area contributed by atoms with Gasteiger partial charge in [-0.1, -0.05) is 12.1 Å². The molecule has 0 unspecified atom stereocenters.